The summed E-state index contributed by atoms with van der Waals surface area (Å²) >= 11 is 0. The lowest BCUT2D eigenvalue weighted by Gasteiger charge is -2.18. The molecule has 0 bridgehead atoms. The lowest BCUT2D eigenvalue weighted by atomic mass is 9.96. The number of carbonyl (C=O) groups excluding carboxylic acids is 1. The highest BCUT2D eigenvalue weighted by Crippen LogP contribution is 2.31. The van der Waals surface area contributed by atoms with Crippen molar-refractivity contribution in [2.24, 2.45) is 0 Å². The maximum atomic E-state index is 11.0. The van der Waals surface area contributed by atoms with E-state index in [9.17, 15) is 25.1 Å². The van der Waals surface area contributed by atoms with Crippen molar-refractivity contribution in [3.63, 3.8) is 0 Å². The third-order valence-corrected chi connectivity index (χ3v) is 2.76. The Bertz CT molecular complexity index is 487. The van der Waals surface area contributed by atoms with Crippen molar-refractivity contribution >= 4 is 11.7 Å². The number of methoxy groups -OCH3 is 1. The van der Waals surface area contributed by atoms with E-state index in [4.69, 9.17) is 0 Å². The first-order valence-electron chi connectivity index (χ1n) is 5.55. The van der Waals surface area contributed by atoms with E-state index in [-0.39, 0.29) is 11.3 Å². The molecule has 104 valence electrons. The van der Waals surface area contributed by atoms with Gasteiger partial charge in [0.1, 0.15) is 6.10 Å². The molecule has 1 aromatic rings. The molecule has 0 heterocycles. The zero-order valence-corrected chi connectivity index (χ0v) is 10.6. The molecule has 0 amide bonds. The minimum atomic E-state index is -1.53. The number of hydrogen-bond acceptors (Lipinski definition) is 6. The minimum Gasteiger partial charge on any atom is -0.469 e. The number of aryl methyl sites for hydroxylation is 1. The third-order valence-electron chi connectivity index (χ3n) is 2.76. The van der Waals surface area contributed by atoms with Crippen LogP contribution in [0.5, 0.6) is 0 Å². The number of aliphatic hydroxyl groups is 2. The minimum absolute atomic E-state index is 0.00361. The second-order valence-corrected chi connectivity index (χ2v) is 4.06. The van der Waals surface area contributed by atoms with Crippen molar-refractivity contribution < 1.29 is 24.7 Å². The molecule has 0 saturated carbocycles. The van der Waals surface area contributed by atoms with Gasteiger partial charge in [0.2, 0.25) is 0 Å². The molecule has 7 heteroatoms. The molecule has 7 nitrogen and oxygen atoms in total. The zero-order valence-electron chi connectivity index (χ0n) is 10.6. The second kappa shape index (κ2) is 6.26. The topological polar surface area (TPSA) is 110 Å². The number of nitro benzene ring substituents is 1. The van der Waals surface area contributed by atoms with Gasteiger partial charge >= 0.3 is 5.97 Å². The van der Waals surface area contributed by atoms with Crippen molar-refractivity contribution in [1.29, 1.82) is 0 Å². The van der Waals surface area contributed by atoms with E-state index >= 15 is 0 Å². The first kappa shape index (κ1) is 15.1. The van der Waals surface area contributed by atoms with Crippen molar-refractivity contribution in [3.8, 4) is 0 Å². The molecule has 0 fully saturated rings. The van der Waals surface area contributed by atoms with Gasteiger partial charge in [-0.1, -0.05) is 12.1 Å². The fourth-order valence-corrected chi connectivity index (χ4v) is 1.77. The van der Waals surface area contributed by atoms with Gasteiger partial charge in [0.25, 0.3) is 5.69 Å². The molecule has 0 spiro atoms. The van der Waals surface area contributed by atoms with Crippen molar-refractivity contribution in [1.82, 2.24) is 0 Å². The molecule has 0 aliphatic carbocycles. The Morgan fingerprint density at radius 3 is 2.63 bits per heavy atom. The lowest BCUT2D eigenvalue weighted by Crippen LogP contribution is -2.24. The average Bonchev–Trinajstić information content (AvgIpc) is 2.37. The molecule has 0 aliphatic heterocycles. The van der Waals surface area contributed by atoms with E-state index in [1.54, 1.807) is 13.0 Å². The Kier molecular flexibility index (Phi) is 4.96. The van der Waals surface area contributed by atoms with Crippen LogP contribution in [0.25, 0.3) is 0 Å². The molecular weight excluding hydrogens is 254 g/mol. The molecule has 2 atom stereocenters. The number of nitrogens with zero attached hydrogens (tertiary/aromatic N) is 1. The molecule has 0 aromatic heterocycles. The van der Waals surface area contributed by atoms with Gasteiger partial charge in [-0.25, -0.2) is 0 Å². The van der Waals surface area contributed by atoms with E-state index in [1.807, 2.05) is 0 Å². The standard InChI is InChI=1S/C12H15NO6/c1-7-4-3-5-8(13(17)18)11(7)12(16)9(14)6-10(15)19-2/h3-5,9,12,14,16H,6H2,1-2H3. The number of rotatable bonds is 5. The summed E-state index contributed by atoms with van der Waals surface area (Å²) < 4.78 is 4.37. The van der Waals surface area contributed by atoms with Crippen LogP contribution in [0.3, 0.4) is 0 Å². The van der Waals surface area contributed by atoms with Crippen molar-refractivity contribution in [2.75, 3.05) is 7.11 Å². The summed E-state index contributed by atoms with van der Waals surface area (Å²) in [6, 6.07) is 4.29. The second-order valence-electron chi connectivity index (χ2n) is 4.06. The van der Waals surface area contributed by atoms with Gasteiger partial charge in [-0.2, -0.15) is 0 Å². The van der Waals surface area contributed by atoms with Crippen LogP contribution in [0.4, 0.5) is 5.69 Å². The van der Waals surface area contributed by atoms with Crippen LogP contribution in [0, 0.1) is 17.0 Å². The first-order chi connectivity index (χ1) is 8.88. The van der Waals surface area contributed by atoms with E-state index in [0.29, 0.717) is 5.56 Å². The van der Waals surface area contributed by atoms with Crippen molar-refractivity contribution in [3.05, 3.63) is 39.4 Å². The van der Waals surface area contributed by atoms with Gasteiger partial charge in [-0.15, -0.1) is 0 Å². The Morgan fingerprint density at radius 2 is 2.11 bits per heavy atom. The van der Waals surface area contributed by atoms with Crippen LogP contribution in [-0.4, -0.2) is 34.3 Å². The van der Waals surface area contributed by atoms with E-state index in [2.05, 4.69) is 4.74 Å². The van der Waals surface area contributed by atoms with Crippen molar-refractivity contribution in [2.45, 2.75) is 25.6 Å². The van der Waals surface area contributed by atoms with E-state index in [1.165, 1.54) is 12.1 Å². The smallest absolute Gasteiger partial charge is 0.308 e. The van der Waals surface area contributed by atoms with Crippen LogP contribution in [-0.2, 0) is 9.53 Å². The number of aliphatic hydroxyl groups excluding tert-OH is 2. The summed E-state index contributed by atoms with van der Waals surface area (Å²) in [5.41, 5.74) is 0.172. The Morgan fingerprint density at radius 1 is 1.47 bits per heavy atom. The zero-order chi connectivity index (χ0) is 14.6. The van der Waals surface area contributed by atoms with E-state index in [0.717, 1.165) is 7.11 Å². The predicted octanol–water partition coefficient (Wildman–Crippen LogP) is 0.861. The molecule has 0 radical (unpaired) electrons. The predicted molar refractivity (Wildman–Crippen MR) is 65.4 cm³/mol. The molecule has 19 heavy (non-hydrogen) atoms. The Labute approximate surface area is 109 Å². The fraction of sp³-hybridized carbons (Fsp3) is 0.417. The Balaban J connectivity index is 3.08. The molecule has 0 saturated heterocycles. The molecule has 1 rings (SSSR count). The Hall–Kier alpha value is -1.99. The fourth-order valence-electron chi connectivity index (χ4n) is 1.77. The van der Waals surface area contributed by atoms with Crippen LogP contribution in [0.15, 0.2) is 18.2 Å². The summed E-state index contributed by atoms with van der Waals surface area (Å²) in [5, 5.41) is 30.6. The van der Waals surface area contributed by atoms with Gasteiger partial charge in [0.15, 0.2) is 0 Å². The number of ether oxygens (including phenoxy) is 1. The normalized spacial score (nSPS) is 13.7. The maximum Gasteiger partial charge on any atom is 0.308 e. The number of hydrogen-bond donors (Lipinski definition) is 2. The summed E-state index contributed by atoms with van der Waals surface area (Å²) in [6.45, 7) is 1.58. The highest BCUT2D eigenvalue weighted by molar-refractivity contribution is 5.70. The summed E-state index contributed by atoms with van der Waals surface area (Å²) in [7, 11) is 1.15. The molecule has 2 unspecified atom stereocenters. The van der Waals surface area contributed by atoms with Crippen LogP contribution < -0.4 is 0 Å². The average molecular weight is 269 g/mol. The highest BCUT2D eigenvalue weighted by Gasteiger charge is 2.29. The highest BCUT2D eigenvalue weighted by atomic mass is 16.6. The summed E-state index contributed by atoms with van der Waals surface area (Å²) in [6.07, 6.45) is -3.43. The summed E-state index contributed by atoms with van der Waals surface area (Å²) in [5.74, 6) is -0.706. The molecular formula is C12H15NO6. The van der Waals surface area contributed by atoms with Gasteiger partial charge < -0.3 is 14.9 Å². The molecule has 0 aliphatic rings. The summed E-state index contributed by atoms with van der Waals surface area (Å²) in [4.78, 5) is 21.3. The van der Waals surface area contributed by atoms with Crippen LogP contribution in [0.1, 0.15) is 23.7 Å². The quantitative estimate of drug-likeness (QED) is 0.466. The number of benzene rings is 1. The number of carbonyl (C=O) groups is 1. The van der Waals surface area contributed by atoms with Crippen LogP contribution >= 0.6 is 0 Å². The van der Waals surface area contributed by atoms with Crippen LogP contribution in [0.2, 0.25) is 0 Å². The first-order valence-corrected chi connectivity index (χ1v) is 5.55. The SMILES string of the molecule is COC(=O)CC(O)C(O)c1c(C)cccc1[N+](=O)[O-]. The number of nitro groups is 1. The molecule has 2 N–H and O–H groups in total. The maximum absolute atomic E-state index is 11.0. The largest absolute Gasteiger partial charge is 0.469 e. The van der Waals surface area contributed by atoms with Gasteiger partial charge in [0.05, 0.1) is 30.1 Å². The lowest BCUT2D eigenvalue weighted by molar-refractivity contribution is -0.386. The van der Waals surface area contributed by atoms with E-state index < -0.39 is 29.5 Å². The van der Waals surface area contributed by atoms with Gasteiger partial charge in [0, 0.05) is 6.07 Å². The van der Waals surface area contributed by atoms with Gasteiger partial charge in [-0.3, -0.25) is 14.9 Å². The van der Waals surface area contributed by atoms with Gasteiger partial charge in [-0.05, 0) is 12.5 Å². The molecule has 1 aromatic carbocycles. The third kappa shape index (κ3) is 3.49. The monoisotopic (exact) mass is 269 g/mol. The number of esters is 1.